The van der Waals surface area contributed by atoms with Crippen LogP contribution in [0.25, 0.3) is 11.1 Å². The molecule has 0 aliphatic heterocycles. The van der Waals surface area contributed by atoms with Crippen molar-refractivity contribution in [1.29, 1.82) is 0 Å². The van der Waals surface area contributed by atoms with E-state index in [9.17, 15) is 9.59 Å². The van der Waals surface area contributed by atoms with Gasteiger partial charge >= 0.3 is 0 Å². The first-order valence-electron chi connectivity index (χ1n) is 7.61. The molecule has 0 spiro atoms. The predicted octanol–water partition coefficient (Wildman–Crippen LogP) is 3.36. The van der Waals surface area contributed by atoms with Gasteiger partial charge in [-0.25, -0.2) is 0 Å². The van der Waals surface area contributed by atoms with Gasteiger partial charge in [0.05, 0.1) is 6.54 Å². The molecular weight excluding hydrogens is 300 g/mol. The topological polar surface area (TPSA) is 59.1 Å². The average molecular weight is 316 g/mol. The standard InChI is InChI=1S/C20H16N2O2/c23-19(14-22-20(24)18-10-12-21-13-11-18)17-8-6-16(7-9-17)15-4-2-1-3-5-15/h1-13H,14H2,(H,22,24). The van der Waals surface area contributed by atoms with E-state index >= 15 is 0 Å². The second-order valence-electron chi connectivity index (χ2n) is 5.29. The molecule has 2 aromatic carbocycles. The summed E-state index contributed by atoms with van der Waals surface area (Å²) in [5, 5.41) is 2.63. The van der Waals surface area contributed by atoms with Gasteiger partial charge in [-0.15, -0.1) is 0 Å². The highest BCUT2D eigenvalue weighted by atomic mass is 16.2. The molecule has 4 heteroatoms. The molecule has 1 amide bonds. The highest BCUT2D eigenvalue weighted by Gasteiger charge is 2.10. The third kappa shape index (κ3) is 3.73. The van der Waals surface area contributed by atoms with E-state index < -0.39 is 0 Å². The van der Waals surface area contributed by atoms with E-state index in [1.165, 1.54) is 0 Å². The average Bonchev–Trinajstić information content (AvgIpc) is 2.67. The monoisotopic (exact) mass is 316 g/mol. The number of hydrogen-bond donors (Lipinski definition) is 1. The summed E-state index contributed by atoms with van der Waals surface area (Å²) in [5.74, 6) is -0.413. The maximum atomic E-state index is 12.2. The molecule has 0 saturated carbocycles. The van der Waals surface area contributed by atoms with Crippen LogP contribution in [0, 0.1) is 0 Å². The van der Waals surface area contributed by atoms with Gasteiger partial charge in [-0.2, -0.15) is 0 Å². The highest BCUT2D eigenvalue weighted by Crippen LogP contribution is 2.19. The van der Waals surface area contributed by atoms with Crippen molar-refractivity contribution in [2.45, 2.75) is 0 Å². The minimum atomic E-state index is -0.286. The maximum Gasteiger partial charge on any atom is 0.251 e. The Morgan fingerprint density at radius 1 is 0.750 bits per heavy atom. The molecule has 0 unspecified atom stereocenters. The van der Waals surface area contributed by atoms with Crippen LogP contribution in [0.4, 0.5) is 0 Å². The second-order valence-corrected chi connectivity index (χ2v) is 5.29. The zero-order valence-corrected chi connectivity index (χ0v) is 13.0. The SMILES string of the molecule is O=C(CNC(=O)c1ccncc1)c1ccc(-c2ccccc2)cc1. The van der Waals surface area contributed by atoms with Gasteiger partial charge in [-0.05, 0) is 23.3 Å². The summed E-state index contributed by atoms with van der Waals surface area (Å²) in [6, 6.07) is 20.5. The summed E-state index contributed by atoms with van der Waals surface area (Å²) in [5.41, 5.74) is 3.21. The summed E-state index contributed by atoms with van der Waals surface area (Å²) in [6.07, 6.45) is 3.08. The fourth-order valence-corrected chi connectivity index (χ4v) is 2.35. The molecule has 0 atom stereocenters. The maximum absolute atomic E-state index is 12.2. The first-order chi connectivity index (χ1) is 11.7. The Labute approximate surface area is 140 Å². The highest BCUT2D eigenvalue weighted by molar-refractivity contribution is 6.02. The first kappa shape index (κ1) is 15.6. The van der Waals surface area contributed by atoms with Crippen molar-refractivity contribution in [3.63, 3.8) is 0 Å². The lowest BCUT2D eigenvalue weighted by atomic mass is 10.0. The Kier molecular flexibility index (Phi) is 4.77. The smallest absolute Gasteiger partial charge is 0.251 e. The van der Waals surface area contributed by atoms with Crippen LogP contribution in [0.15, 0.2) is 79.1 Å². The molecule has 1 aromatic heterocycles. The van der Waals surface area contributed by atoms with Crippen LogP contribution in [0.1, 0.15) is 20.7 Å². The number of carbonyl (C=O) groups excluding carboxylic acids is 2. The van der Waals surface area contributed by atoms with Crippen molar-refractivity contribution in [2.75, 3.05) is 6.54 Å². The van der Waals surface area contributed by atoms with Gasteiger partial charge in [0.25, 0.3) is 5.91 Å². The quantitative estimate of drug-likeness (QED) is 0.734. The van der Waals surface area contributed by atoms with E-state index in [0.29, 0.717) is 11.1 Å². The molecule has 0 saturated heterocycles. The third-order valence-corrected chi connectivity index (χ3v) is 3.67. The molecule has 3 aromatic rings. The number of hydrogen-bond acceptors (Lipinski definition) is 3. The van der Waals surface area contributed by atoms with E-state index in [-0.39, 0.29) is 18.2 Å². The van der Waals surface area contributed by atoms with Gasteiger partial charge in [-0.3, -0.25) is 14.6 Å². The van der Waals surface area contributed by atoms with Crippen LogP contribution >= 0.6 is 0 Å². The molecule has 0 bridgehead atoms. The van der Waals surface area contributed by atoms with Crippen LogP contribution < -0.4 is 5.32 Å². The van der Waals surface area contributed by atoms with Crippen molar-refractivity contribution >= 4 is 11.7 Å². The molecular formula is C20H16N2O2. The molecule has 118 valence electrons. The van der Waals surface area contributed by atoms with Crippen molar-refractivity contribution in [2.24, 2.45) is 0 Å². The minimum Gasteiger partial charge on any atom is -0.345 e. The third-order valence-electron chi connectivity index (χ3n) is 3.67. The lowest BCUT2D eigenvalue weighted by molar-refractivity contribution is 0.0904. The van der Waals surface area contributed by atoms with Gasteiger partial charge in [0.1, 0.15) is 0 Å². The number of nitrogens with zero attached hydrogens (tertiary/aromatic N) is 1. The van der Waals surface area contributed by atoms with Crippen molar-refractivity contribution in [1.82, 2.24) is 10.3 Å². The fraction of sp³-hybridized carbons (Fsp3) is 0.0500. The number of ketones is 1. The first-order valence-corrected chi connectivity index (χ1v) is 7.61. The van der Waals surface area contributed by atoms with Gasteiger partial charge in [0.15, 0.2) is 5.78 Å². The molecule has 3 rings (SSSR count). The zero-order valence-electron chi connectivity index (χ0n) is 13.0. The molecule has 24 heavy (non-hydrogen) atoms. The van der Waals surface area contributed by atoms with Crippen LogP contribution in [0.5, 0.6) is 0 Å². The zero-order chi connectivity index (χ0) is 16.8. The Morgan fingerprint density at radius 2 is 1.38 bits per heavy atom. The van der Waals surface area contributed by atoms with Crippen molar-refractivity contribution in [3.05, 3.63) is 90.3 Å². The number of pyridine rings is 1. The summed E-state index contributed by atoms with van der Waals surface area (Å²) in [7, 11) is 0. The number of Topliss-reactive ketones (excluding diaryl/α,β-unsaturated/α-hetero) is 1. The molecule has 1 N–H and O–H groups in total. The van der Waals surface area contributed by atoms with Crippen LogP contribution in [-0.2, 0) is 0 Å². The number of nitrogens with one attached hydrogen (secondary N) is 1. The number of aromatic nitrogens is 1. The van der Waals surface area contributed by atoms with Crippen LogP contribution in [0.3, 0.4) is 0 Å². The molecule has 1 heterocycles. The van der Waals surface area contributed by atoms with Gasteiger partial charge < -0.3 is 5.32 Å². The van der Waals surface area contributed by atoms with E-state index in [2.05, 4.69) is 10.3 Å². The summed E-state index contributed by atoms with van der Waals surface area (Å²) in [4.78, 5) is 28.0. The molecule has 4 nitrogen and oxygen atoms in total. The van der Waals surface area contributed by atoms with E-state index in [0.717, 1.165) is 11.1 Å². The van der Waals surface area contributed by atoms with Crippen LogP contribution in [0.2, 0.25) is 0 Å². The summed E-state index contributed by atoms with van der Waals surface area (Å²) < 4.78 is 0. The number of carbonyl (C=O) groups is 2. The normalized spacial score (nSPS) is 10.2. The van der Waals surface area contributed by atoms with Gasteiger partial charge in [-0.1, -0.05) is 54.6 Å². The van der Waals surface area contributed by atoms with Gasteiger partial charge in [0.2, 0.25) is 0 Å². The minimum absolute atomic E-state index is 0.0359. The number of amides is 1. The Bertz CT molecular complexity index is 829. The van der Waals surface area contributed by atoms with Crippen molar-refractivity contribution < 1.29 is 9.59 Å². The summed E-state index contributed by atoms with van der Waals surface area (Å²) >= 11 is 0. The van der Waals surface area contributed by atoms with Crippen LogP contribution in [-0.4, -0.2) is 23.2 Å². The van der Waals surface area contributed by atoms with E-state index in [1.807, 2.05) is 42.5 Å². The fourth-order valence-electron chi connectivity index (χ4n) is 2.35. The van der Waals surface area contributed by atoms with E-state index in [1.54, 1.807) is 36.7 Å². The molecule has 0 radical (unpaired) electrons. The number of rotatable bonds is 5. The number of benzene rings is 2. The Hall–Kier alpha value is -3.27. The van der Waals surface area contributed by atoms with E-state index in [4.69, 9.17) is 0 Å². The Morgan fingerprint density at radius 3 is 2.04 bits per heavy atom. The van der Waals surface area contributed by atoms with Crippen molar-refractivity contribution in [3.8, 4) is 11.1 Å². The Balaban J connectivity index is 1.62. The lowest BCUT2D eigenvalue weighted by Crippen LogP contribution is -2.29. The lowest BCUT2D eigenvalue weighted by Gasteiger charge is -2.06. The molecule has 0 fully saturated rings. The summed E-state index contributed by atoms with van der Waals surface area (Å²) in [6.45, 7) is -0.0359. The second kappa shape index (κ2) is 7.33. The largest absolute Gasteiger partial charge is 0.345 e. The molecule has 0 aliphatic rings. The van der Waals surface area contributed by atoms with Gasteiger partial charge in [0, 0.05) is 23.5 Å². The molecule has 0 aliphatic carbocycles. The predicted molar refractivity (Wildman–Crippen MR) is 92.8 cm³/mol.